The molecule has 3 aliphatic rings. The van der Waals surface area contributed by atoms with Gasteiger partial charge in [-0.05, 0) is 29.3 Å². The van der Waals surface area contributed by atoms with Crippen LogP contribution in [0.25, 0.3) is 0 Å². The third-order valence-electron chi connectivity index (χ3n) is 8.71. The van der Waals surface area contributed by atoms with E-state index < -0.39 is 62.2 Å². The predicted molar refractivity (Wildman–Crippen MR) is 165 cm³/mol. The van der Waals surface area contributed by atoms with Crippen molar-refractivity contribution in [3.05, 3.63) is 93.8 Å². The first-order valence-corrected chi connectivity index (χ1v) is 17.0. The van der Waals surface area contributed by atoms with Crippen LogP contribution in [0, 0.1) is 0 Å². The first-order valence-electron chi connectivity index (χ1n) is 15.1. The summed E-state index contributed by atoms with van der Waals surface area (Å²) in [5.41, 5.74) is -1.09. The van der Waals surface area contributed by atoms with E-state index in [-0.39, 0.29) is 18.3 Å². The van der Waals surface area contributed by atoms with E-state index in [1.807, 2.05) is 50.2 Å². The van der Waals surface area contributed by atoms with E-state index in [0.29, 0.717) is 6.42 Å². The Labute approximate surface area is 257 Å². The zero-order valence-electron chi connectivity index (χ0n) is 25.7. The Bertz CT molecular complexity index is 1520. The van der Waals surface area contributed by atoms with E-state index in [9.17, 15) is 14.7 Å². The number of rotatable bonds is 8. The Morgan fingerprint density at radius 1 is 0.977 bits per heavy atom. The van der Waals surface area contributed by atoms with E-state index in [2.05, 4.69) is 50.0 Å². The van der Waals surface area contributed by atoms with Gasteiger partial charge in [-0.1, -0.05) is 81.4 Å². The van der Waals surface area contributed by atoms with Gasteiger partial charge in [0.05, 0.1) is 19.3 Å². The number of aliphatic hydroxyl groups excluding tert-OH is 1. The standard InChI is InChI=1S/C32H41N3O8Si/c1-31(2,3)44(22-12-8-6-9-13-22,23-14-10-7-11-15-23)39-20-24-27-28(42-32(4,5)41-27)29(40-24)35-21(19-36)18-26(43-35)34-17-16-25(37)33-30(34)38/h6-17,21,24,26-29,36H,18-20H2,1-5H3,(H,33,37,38)/t21-,24-,26+,27-,28-,29-/m1/s1. The molecule has 3 fully saturated rings. The number of nitrogens with zero attached hydrogens (tertiary/aromatic N) is 2. The number of hydrogen-bond acceptors (Lipinski definition) is 9. The van der Waals surface area contributed by atoms with Gasteiger partial charge in [-0.3, -0.25) is 19.2 Å². The van der Waals surface area contributed by atoms with Gasteiger partial charge in [0.1, 0.15) is 18.3 Å². The number of hydrogen-bond donors (Lipinski definition) is 2. The van der Waals surface area contributed by atoms with Crippen LogP contribution in [0.15, 0.2) is 82.5 Å². The van der Waals surface area contributed by atoms with Crippen LogP contribution in [-0.4, -0.2) is 77.6 Å². The van der Waals surface area contributed by atoms with Crippen LogP contribution in [0.3, 0.4) is 0 Å². The predicted octanol–water partition coefficient (Wildman–Crippen LogP) is 1.85. The van der Waals surface area contributed by atoms with Crippen molar-refractivity contribution in [2.24, 2.45) is 0 Å². The molecule has 236 valence electrons. The molecule has 0 spiro atoms. The fourth-order valence-electron chi connectivity index (χ4n) is 6.81. The van der Waals surface area contributed by atoms with Gasteiger partial charge in [0.15, 0.2) is 18.2 Å². The van der Waals surface area contributed by atoms with Crippen molar-refractivity contribution in [3.8, 4) is 0 Å². The second-order valence-electron chi connectivity index (χ2n) is 13.1. The zero-order valence-corrected chi connectivity index (χ0v) is 26.7. The number of fused-ring (bicyclic) bond motifs is 1. The quantitative estimate of drug-likeness (QED) is 0.362. The van der Waals surface area contributed by atoms with E-state index in [1.54, 1.807) is 5.06 Å². The topological polar surface area (TPSA) is 124 Å². The van der Waals surface area contributed by atoms with Crippen LogP contribution in [0.2, 0.25) is 5.04 Å². The van der Waals surface area contributed by atoms with Crippen LogP contribution >= 0.6 is 0 Å². The maximum absolute atomic E-state index is 12.5. The molecule has 0 radical (unpaired) electrons. The van der Waals surface area contributed by atoms with Gasteiger partial charge in [-0.15, -0.1) is 5.06 Å². The van der Waals surface area contributed by atoms with Crippen molar-refractivity contribution in [3.63, 3.8) is 0 Å². The number of benzene rings is 2. The Hall–Kier alpha value is -2.94. The van der Waals surface area contributed by atoms with E-state index in [0.717, 1.165) is 10.4 Å². The minimum Gasteiger partial charge on any atom is -0.405 e. The van der Waals surface area contributed by atoms with Gasteiger partial charge in [0.25, 0.3) is 13.9 Å². The Morgan fingerprint density at radius 2 is 1.59 bits per heavy atom. The summed E-state index contributed by atoms with van der Waals surface area (Å²) in [4.78, 5) is 32.7. The van der Waals surface area contributed by atoms with Crippen LogP contribution < -0.4 is 21.6 Å². The third kappa shape index (κ3) is 5.54. The lowest BCUT2D eigenvalue weighted by molar-refractivity contribution is -0.296. The molecule has 12 heteroatoms. The number of aromatic nitrogens is 2. The monoisotopic (exact) mass is 623 g/mol. The smallest absolute Gasteiger partial charge is 0.330 e. The summed E-state index contributed by atoms with van der Waals surface area (Å²) in [5, 5.41) is 14.0. The Kier molecular flexibility index (Phi) is 8.31. The molecule has 44 heavy (non-hydrogen) atoms. The molecule has 3 aromatic rings. The first kappa shape index (κ1) is 31.1. The molecule has 3 saturated heterocycles. The van der Waals surface area contributed by atoms with Gasteiger partial charge in [-0.25, -0.2) is 4.79 Å². The highest BCUT2D eigenvalue weighted by Crippen LogP contribution is 2.44. The van der Waals surface area contributed by atoms with Crippen molar-refractivity contribution in [2.45, 2.75) is 88.7 Å². The maximum atomic E-state index is 12.5. The molecule has 6 atom stereocenters. The lowest BCUT2D eigenvalue weighted by Gasteiger charge is -2.43. The zero-order chi connectivity index (χ0) is 31.3. The van der Waals surface area contributed by atoms with Crippen molar-refractivity contribution < 1.29 is 28.6 Å². The second kappa shape index (κ2) is 11.8. The Balaban J connectivity index is 1.31. The largest absolute Gasteiger partial charge is 0.405 e. The molecular weight excluding hydrogens is 582 g/mol. The molecule has 0 bridgehead atoms. The lowest BCUT2D eigenvalue weighted by Crippen LogP contribution is -2.67. The van der Waals surface area contributed by atoms with Crippen LogP contribution in [0.5, 0.6) is 0 Å². The van der Waals surface area contributed by atoms with Gasteiger partial charge in [-0.2, -0.15) is 0 Å². The average Bonchev–Trinajstić information content (AvgIpc) is 3.64. The molecule has 0 unspecified atom stereocenters. The molecular formula is C32H41N3O8Si. The fraction of sp³-hybridized carbons (Fsp3) is 0.500. The van der Waals surface area contributed by atoms with Gasteiger partial charge >= 0.3 is 5.69 Å². The molecule has 0 aliphatic carbocycles. The summed E-state index contributed by atoms with van der Waals surface area (Å²) in [6.45, 7) is 10.4. The highest BCUT2D eigenvalue weighted by atomic mass is 28.4. The lowest BCUT2D eigenvalue weighted by atomic mass is 10.1. The molecule has 1 aromatic heterocycles. The number of nitrogens with one attached hydrogen (secondary N) is 1. The van der Waals surface area contributed by atoms with Crippen molar-refractivity contribution in [2.75, 3.05) is 13.2 Å². The van der Waals surface area contributed by atoms with Crippen molar-refractivity contribution >= 4 is 18.7 Å². The number of aliphatic hydroxyl groups is 1. The Morgan fingerprint density at radius 3 is 2.16 bits per heavy atom. The van der Waals surface area contributed by atoms with Gasteiger partial charge in [0, 0.05) is 18.7 Å². The van der Waals surface area contributed by atoms with Crippen molar-refractivity contribution in [1.82, 2.24) is 14.6 Å². The summed E-state index contributed by atoms with van der Waals surface area (Å²) >= 11 is 0. The summed E-state index contributed by atoms with van der Waals surface area (Å²) < 4.78 is 27.9. The number of aromatic amines is 1. The van der Waals surface area contributed by atoms with Crippen LogP contribution in [0.4, 0.5) is 0 Å². The number of ether oxygens (including phenoxy) is 3. The molecule has 0 amide bonds. The maximum Gasteiger partial charge on any atom is 0.330 e. The van der Waals surface area contributed by atoms with E-state index in [4.69, 9.17) is 23.5 Å². The molecule has 4 heterocycles. The molecule has 2 aromatic carbocycles. The summed E-state index contributed by atoms with van der Waals surface area (Å²) in [7, 11) is -2.86. The minimum atomic E-state index is -2.86. The normalized spacial score (nSPS) is 28.8. The summed E-state index contributed by atoms with van der Waals surface area (Å²) in [5.74, 6) is -0.878. The first-order chi connectivity index (χ1) is 20.9. The molecule has 6 rings (SSSR count). The number of hydroxylamine groups is 2. The average molecular weight is 624 g/mol. The number of H-pyrrole nitrogens is 1. The molecule has 2 N–H and O–H groups in total. The van der Waals surface area contributed by atoms with E-state index >= 15 is 0 Å². The highest BCUT2D eigenvalue weighted by molar-refractivity contribution is 6.99. The molecule has 11 nitrogen and oxygen atoms in total. The molecule has 3 aliphatic heterocycles. The third-order valence-corrected chi connectivity index (χ3v) is 13.7. The molecule has 0 saturated carbocycles. The highest BCUT2D eigenvalue weighted by Gasteiger charge is 2.60. The van der Waals surface area contributed by atoms with E-state index in [1.165, 1.54) is 16.8 Å². The second-order valence-corrected chi connectivity index (χ2v) is 17.4. The van der Waals surface area contributed by atoms with Crippen LogP contribution in [-0.2, 0) is 23.5 Å². The SMILES string of the molecule is CC1(C)O[C@@H]2[C@H](O1)[C@@H](CO[Si](c1ccccc1)(c1ccccc1)C(C)(C)C)O[C@H]2N1O[C@H](n2ccc(=O)[nH]c2=O)C[C@@H]1CO. The fourth-order valence-corrected chi connectivity index (χ4v) is 11.4. The van der Waals surface area contributed by atoms with Crippen LogP contribution in [0.1, 0.15) is 47.3 Å². The van der Waals surface area contributed by atoms with Crippen molar-refractivity contribution in [1.29, 1.82) is 0 Å². The summed E-state index contributed by atoms with van der Waals surface area (Å²) in [6, 6.07) is 21.6. The minimum absolute atomic E-state index is 0.226. The summed E-state index contributed by atoms with van der Waals surface area (Å²) in [6.07, 6.45) is -1.32. The van der Waals surface area contributed by atoms with Gasteiger partial charge in [0.2, 0.25) is 0 Å². The van der Waals surface area contributed by atoms with Gasteiger partial charge < -0.3 is 23.7 Å².